The van der Waals surface area contributed by atoms with E-state index >= 15 is 0 Å². The third-order valence-corrected chi connectivity index (χ3v) is 6.38. The van der Waals surface area contributed by atoms with Crippen molar-refractivity contribution in [2.75, 3.05) is 18.0 Å². The summed E-state index contributed by atoms with van der Waals surface area (Å²) in [5.41, 5.74) is 0.666. The third kappa shape index (κ3) is 4.52. The lowest BCUT2D eigenvalue weighted by molar-refractivity contribution is 0.156. The van der Waals surface area contributed by atoms with Gasteiger partial charge in [0.25, 0.3) is 11.4 Å². The Kier molecular flexibility index (Phi) is 6.62. The van der Waals surface area contributed by atoms with Crippen molar-refractivity contribution in [2.45, 2.75) is 58.7 Å². The zero-order chi connectivity index (χ0) is 25.2. The molecule has 0 aliphatic carbocycles. The molecule has 0 bridgehead atoms. The number of nitrogens with one attached hydrogen (secondary N) is 1. The number of imidazole rings is 1. The third-order valence-electron chi connectivity index (χ3n) is 6.38. The van der Waals surface area contributed by atoms with E-state index in [9.17, 15) is 14.0 Å². The van der Waals surface area contributed by atoms with Crippen LogP contribution in [0.5, 0.6) is 5.88 Å². The number of fused-ring (bicyclic) bond motifs is 1. The molecule has 0 unspecified atom stereocenters. The number of halogens is 1. The van der Waals surface area contributed by atoms with E-state index in [1.807, 2.05) is 19.9 Å². The number of H-pyrrole nitrogens is 1. The molecule has 0 atom stereocenters. The quantitative estimate of drug-likeness (QED) is 0.397. The zero-order valence-electron chi connectivity index (χ0n) is 20.4. The second-order valence-electron chi connectivity index (χ2n) is 8.99. The molecule has 190 valence electrons. The largest absolute Gasteiger partial charge is 0.472 e. The van der Waals surface area contributed by atoms with Crippen LogP contribution in [0.15, 0.2) is 44.4 Å². The summed E-state index contributed by atoms with van der Waals surface area (Å²) in [4.78, 5) is 35.5. The number of rotatable bonds is 8. The van der Waals surface area contributed by atoms with E-state index in [0.717, 1.165) is 38.0 Å². The number of aromatic amines is 1. The molecule has 11 heteroatoms. The van der Waals surface area contributed by atoms with E-state index in [1.54, 1.807) is 12.1 Å². The van der Waals surface area contributed by atoms with Crippen LogP contribution in [0.1, 0.15) is 39.5 Å². The van der Waals surface area contributed by atoms with Crippen molar-refractivity contribution in [3.8, 4) is 17.5 Å². The van der Waals surface area contributed by atoms with E-state index in [-0.39, 0.29) is 23.1 Å². The van der Waals surface area contributed by atoms with Crippen molar-refractivity contribution in [3.63, 3.8) is 0 Å². The number of aryl methyl sites for hydroxylation is 1. The standard InChI is InChI=1S/C25H29FN6O4/c1-3-10-31-23-21(24(33)32(11-4-2)25(31)34)27-22(28-23)19-15-20(29-36-19)35-18-8-12-30(13-9-18)17-7-5-6-16(26)14-17/h5-7,14-15,18H,3-4,8-13H2,1-2H3,(H,27,28). The number of benzene rings is 1. The first kappa shape index (κ1) is 23.8. The van der Waals surface area contributed by atoms with Crippen LogP contribution < -0.4 is 20.9 Å². The normalized spacial score (nSPS) is 14.6. The minimum absolute atomic E-state index is 0.0561. The van der Waals surface area contributed by atoms with E-state index in [2.05, 4.69) is 20.0 Å². The molecule has 1 aromatic carbocycles. The first-order chi connectivity index (χ1) is 17.5. The lowest BCUT2D eigenvalue weighted by atomic mass is 10.1. The fourth-order valence-electron chi connectivity index (χ4n) is 4.63. The van der Waals surface area contributed by atoms with Crippen LogP contribution in [0.3, 0.4) is 0 Å². The van der Waals surface area contributed by atoms with Gasteiger partial charge in [-0.25, -0.2) is 14.2 Å². The maximum absolute atomic E-state index is 13.5. The number of nitrogens with zero attached hydrogens (tertiary/aromatic N) is 5. The topological polar surface area (TPSA) is 111 Å². The Morgan fingerprint density at radius 2 is 1.86 bits per heavy atom. The molecule has 5 rings (SSSR count). The second kappa shape index (κ2) is 10.00. The molecule has 0 radical (unpaired) electrons. The van der Waals surface area contributed by atoms with E-state index in [1.165, 1.54) is 21.3 Å². The molecule has 36 heavy (non-hydrogen) atoms. The van der Waals surface area contributed by atoms with Crippen LogP contribution in [0.2, 0.25) is 0 Å². The fraction of sp³-hybridized carbons (Fsp3) is 0.440. The first-order valence-electron chi connectivity index (χ1n) is 12.4. The SMILES string of the molecule is CCCn1c(=O)c2[nH]c(-c3cc(OC4CCN(c5cccc(F)c5)CC4)no3)nc2n(CCC)c1=O. The Hall–Kier alpha value is -3.89. The monoisotopic (exact) mass is 496 g/mol. The number of ether oxygens (including phenoxy) is 1. The van der Waals surface area contributed by atoms with Crippen LogP contribution in [0.4, 0.5) is 10.1 Å². The van der Waals surface area contributed by atoms with Crippen molar-refractivity contribution in [1.82, 2.24) is 24.3 Å². The van der Waals surface area contributed by atoms with Crippen LogP contribution >= 0.6 is 0 Å². The highest BCUT2D eigenvalue weighted by Gasteiger charge is 2.24. The van der Waals surface area contributed by atoms with Gasteiger partial charge in [-0.2, -0.15) is 0 Å². The second-order valence-corrected chi connectivity index (χ2v) is 8.99. The molecular weight excluding hydrogens is 467 g/mol. The summed E-state index contributed by atoms with van der Waals surface area (Å²) in [6.45, 7) is 6.14. The van der Waals surface area contributed by atoms with Crippen molar-refractivity contribution >= 4 is 16.9 Å². The van der Waals surface area contributed by atoms with Gasteiger partial charge in [-0.15, -0.1) is 0 Å². The molecule has 1 saturated heterocycles. The minimum atomic E-state index is -0.399. The van der Waals surface area contributed by atoms with Crippen molar-refractivity contribution < 1.29 is 13.7 Å². The molecule has 3 aromatic heterocycles. The Bertz CT molecular complexity index is 1480. The van der Waals surface area contributed by atoms with Crippen molar-refractivity contribution in [2.24, 2.45) is 0 Å². The van der Waals surface area contributed by atoms with E-state index in [4.69, 9.17) is 9.26 Å². The maximum atomic E-state index is 13.5. The summed E-state index contributed by atoms with van der Waals surface area (Å²) < 4.78 is 27.8. The molecular formula is C25H29FN6O4. The predicted octanol–water partition coefficient (Wildman–Crippen LogP) is 3.55. The molecule has 1 aliphatic rings. The fourth-order valence-corrected chi connectivity index (χ4v) is 4.63. The van der Waals surface area contributed by atoms with Crippen molar-refractivity contribution in [3.05, 3.63) is 57.0 Å². The molecule has 0 spiro atoms. The lowest BCUT2D eigenvalue weighted by Crippen LogP contribution is -2.40. The summed E-state index contributed by atoms with van der Waals surface area (Å²) >= 11 is 0. The number of aromatic nitrogens is 5. The Balaban J connectivity index is 1.33. The lowest BCUT2D eigenvalue weighted by Gasteiger charge is -2.33. The Morgan fingerprint density at radius 3 is 2.58 bits per heavy atom. The number of piperidine rings is 1. The molecule has 0 saturated carbocycles. The van der Waals surface area contributed by atoms with Gasteiger partial charge in [0.2, 0.25) is 5.76 Å². The van der Waals surface area contributed by atoms with E-state index in [0.29, 0.717) is 42.6 Å². The summed E-state index contributed by atoms with van der Waals surface area (Å²) in [5, 5.41) is 4.02. The van der Waals surface area contributed by atoms with Crippen LogP contribution in [0, 0.1) is 5.82 Å². The van der Waals surface area contributed by atoms with Crippen LogP contribution in [-0.4, -0.2) is 43.5 Å². The van der Waals surface area contributed by atoms with Crippen molar-refractivity contribution in [1.29, 1.82) is 0 Å². The van der Waals surface area contributed by atoms with Gasteiger partial charge < -0.3 is 19.1 Å². The van der Waals surface area contributed by atoms with Gasteiger partial charge in [0.15, 0.2) is 17.0 Å². The predicted molar refractivity (Wildman–Crippen MR) is 133 cm³/mol. The first-order valence-corrected chi connectivity index (χ1v) is 12.4. The van der Waals surface area contributed by atoms with Gasteiger partial charge in [-0.1, -0.05) is 19.9 Å². The Labute approximate surface area is 206 Å². The summed E-state index contributed by atoms with van der Waals surface area (Å²) in [6.07, 6.45) is 2.84. The smallest absolute Gasteiger partial charge is 0.332 e. The minimum Gasteiger partial charge on any atom is -0.472 e. The average Bonchev–Trinajstić information content (AvgIpc) is 3.53. The van der Waals surface area contributed by atoms with Gasteiger partial charge in [-0.3, -0.25) is 13.9 Å². The van der Waals surface area contributed by atoms with Crippen LogP contribution in [-0.2, 0) is 13.1 Å². The molecule has 1 N–H and O–H groups in total. The summed E-state index contributed by atoms with van der Waals surface area (Å²) in [7, 11) is 0. The number of hydrogen-bond donors (Lipinski definition) is 1. The number of anilines is 1. The van der Waals surface area contributed by atoms with Crippen LogP contribution in [0.25, 0.3) is 22.7 Å². The van der Waals surface area contributed by atoms with E-state index < -0.39 is 5.56 Å². The maximum Gasteiger partial charge on any atom is 0.332 e. The molecule has 10 nitrogen and oxygen atoms in total. The van der Waals surface area contributed by atoms with Gasteiger partial charge in [0.05, 0.1) is 6.07 Å². The molecule has 4 heterocycles. The highest BCUT2D eigenvalue weighted by atomic mass is 19.1. The average molecular weight is 497 g/mol. The summed E-state index contributed by atoms with van der Waals surface area (Å²) in [5.74, 6) is 0.700. The molecule has 4 aromatic rings. The highest BCUT2D eigenvalue weighted by Crippen LogP contribution is 2.26. The van der Waals surface area contributed by atoms with Gasteiger partial charge in [0.1, 0.15) is 11.9 Å². The highest BCUT2D eigenvalue weighted by molar-refractivity contribution is 5.74. The number of hydrogen-bond acceptors (Lipinski definition) is 7. The molecule has 1 aliphatic heterocycles. The zero-order valence-corrected chi connectivity index (χ0v) is 20.4. The Morgan fingerprint density at radius 1 is 1.11 bits per heavy atom. The molecule has 0 amide bonds. The van der Waals surface area contributed by atoms with Gasteiger partial charge in [0, 0.05) is 44.7 Å². The van der Waals surface area contributed by atoms with Gasteiger partial charge >= 0.3 is 5.69 Å². The molecule has 1 fully saturated rings. The summed E-state index contributed by atoms with van der Waals surface area (Å²) in [6, 6.07) is 8.22. The van der Waals surface area contributed by atoms with Gasteiger partial charge in [-0.05, 0) is 36.2 Å².